The highest BCUT2D eigenvalue weighted by molar-refractivity contribution is 7.81. The van der Waals surface area contributed by atoms with Crippen LogP contribution in [0.2, 0.25) is 0 Å². The minimum atomic E-state index is -0.594. The van der Waals surface area contributed by atoms with Gasteiger partial charge in [0.2, 0.25) is 0 Å². The molecule has 2 heterocycles. The molecule has 1 aliphatic heterocycles. The number of thiol groups is 1. The second-order valence-electron chi connectivity index (χ2n) is 8.52. The summed E-state index contributed by atoms with van der Waals surface area (Å²) in [5, 5.41) is 8.67. The molecular formula is C24H29FN4O3S. The van der Waals surface area contributed by atoms with Crippen molar-refractivity contribution in [1.29, 1.82) is 0 Å². The Hall–Kier alpha value is -2.52. The number of Topliss-reactive ketones (excluding diaryl/α,β-unsaturated/α-hetero) is 1. The number of hydrogen-bond donors (Lipinski definition) is 1. The zero-order chi connectivity index (χ0) is 23.4. The molecule has 176 valence electrons. The van der Waals surface area contributed by atoms with Crippen LogP contribution in [-0.2, 0) is 20.9 Å². The monoisotopic (exact) mass is 472 g/mol. The highest BCUT2D eigenvalue weighted by Gasteiger charge is 2.40. The SMILES string of the molecule is CCOC(=O)CCn1ncc(/C=C2\CN(C(C(=O)C3CC3)c3ccccc3F)CCC2S)n1. The van der Waals surface area contributed by atoms with Crippen molar-refractivity contribution in [3.05, 3.63) is 53.1 Å². The summed E-state index contributed by atoms with van der Waals surface area (Å²) < 4.78 is 19.6. The van der Waals surface area contributed by atoms with Gasteiger partial charge in [0.05, 0.1) is 31.8 Å². The molecule has 1 saturated heterocycles. The number of aryl methyl sites for hydroxylation is 1. The number of ether oxygens (including phenoxy) is 1. The first-order chi connectivity index (χ1) is 16.0. The van der Waals surface area contributed by atoms with Crippen LogP contribution in [0.4, 0.5) is 4.39 Å². The van der Waals surface area contributed by atoms with E-state index in [0.29, 0.717) is 37.5 Å². The van der Waals surface area contributed by atoms with Gasteiger partial charge in [-0.15, -0.1) is 0 Å². The topological polar surface area (TPSA) is 77.3 Å². The maximum atomic E-state index is 14.7. The molecule has 0 spiro atoms. The summed E-state index contributed by atoms with van der Waals surface area (Å²) in [5.74, 6) is -0.510. The Kier molecular flexibility index (Phi) is 7.60. The lowest BCUT2D eigenvalue weighted by Crippen LogP contribution is -2.42. The van der Waals surface area contributed by atoms with Gasteiger partial charge in [-0.3, -0.25) is 14.5 Å². The number of piperidine rings is 1. The van der Waals surface area contributed by atoms with Gasteiger partial charge in [0.25, 0.3) is 0 Å². The second-order valence-corrected chi connectivity index (χ2v) is 9.14. The summed E-state index contributed by atoms with van der Waals surface area (Å²) in [6.07, 6.45) is 6.28. The number of nitrogens with zero attached hydrogens (tertiary/aromatic N) is 4. The molecule has 1 saturated carbocycles. The fraction of sp³-hybridized carbons (Fsp3) is 0.500. The Balaban J connectivity index is 1.51. The molecule has 2 aromatic rings. The van der Waals surface area contributed by atoms with Gasteiger partial charge < -0.3 is 4.74 Å². The van der Waals surface area contributed by atoms with Crippen LogP contribution in [0.5, 0.6) is 0 Å². The summed E-state index contributed by atoms with van der Waals surface area (Å²) in [6.45, 7) is 3.62. The van der Waals surface area contributed by atoms with E-state index in [-0.39, 0.29) is 35.2 Å². The molecule has 4 rings (SSSR count). The van der Waals surface area contributed by atoms with Crippen molar-refractivity contribution < 1.29 is 18.7 Å². The number of rotatable bonds is 9. The van der Waals surface area contributed by atoms with E-state index in [1.807, 2.05) is 6.08 Å². The van der Waals surface area contributed by atoms with Crippen LogP contribution in [0.3, 0.4) is 0 Å². The van der Waals surface area contributed by atoms with Gasteiger partial charge in [0, 0.05) is 29.8 Å². The van der Waals surface area contributed by atoms with Gasteiger partial charge in [-0.2, -0.15) is 27.6 Å². The normalized spacial score (nSPS) is 21.2. The lowest BCUT2D eigenvalue weighted by molar-refractivity contribution is -0.143. The number of ketones is 1. The predicted octanol–water partition coefficient (Wildman–Crippen LogP) is 3.48. The van der Waals surface area contributed by atoms with E-state index in [4.69, 9.17) is 17.4 Å². The molecule has 2 atom stereocenters. The molecule has 2 aliphatic rings. The Morgan fingerprint density at radius 1 is 1.30 bits per heavy atom. The van der Waals surface area contributed by atoms with Crippen molar-refractivity contribution in [3.63, 3.8) is 0 Å². The molecule has 1 aromatic heterocycles. The average Bonchev–Trinajstić information content (AvgIpc) is 3.56. The molecule has 0 N–H and O–H groups in total. The van der Waals surface area contributed by atoms with Gasteiger partial charge in [0.15, 0.2) is 5.78 Å². The standard InChI is InChI=1S/C24H29FN4O3S/c1-2-32-22(30)10-12-29-26-14-18(27-29)13-17-15-28(11-9-21(17)33)23(24(31)16-7-8-16)19-5-3-4-6-20(19)25/h3-6,13-14,16,21,23,33H,2,7-12,15H2,1H3/b17-13+. The largest absolute Gasteiger partial charge is 0.466 e. The Bertz CT molecular complexity index is 1040. The van der Waals surface area contributed by atoms with Crippen LogP contribution < -0.4 is 0 Å². The molecule has 1 aromatic carbocycles. The molecule has 0 radical (unpaired) electrons. The van der Waals surface area contributed by atoms with Crippen LogP contribution in [-0.4, -0.2) is 56.6 Å². The summed E-state index contributed by atoms with van der Waals surface area (Å²) >= 11 is 4.74. The average molecular weight is 473 g/mol. The van der Waals surface area contributed by atoms with Crippen LogP contribution in [0.15, 0.2) is 36.0 Å². The number of halogens is 1. The summed E-state index contributed by atoms with van der Waals surface area (Å²) in [7, 11) is 0. The smallest absolute Gasteiger partial charge is 0.307 e. The van der Waals surface area contributed by atoms with E-state index in [1.54, 1.807) is 31.3 Å². The van der Waals surface area contributed by atoms with Crippen LogP contribution in [0, 0.1) is 11.7 Å². The Morgan fingerprint density at radius 3 is 2.82 bits per heavy atom. The van der Waals surface area contributed by atoms with E-state index in [9.17, 15) is 14.0 Å². The van der Waals surface area contributed by atoms with E-state index < -0.39 is 6.04 Å². The lowest BCUT2D eigenvalue weighted by atomic mass is 9.93. The molecule has 33 heavy (non-hydrogen) atoms. The van der Waals surface area contributed by atoms with Crippen molar-refractivity contribution in [2.75, 3.05) is 19.7 Å². The molecule has 9 heteroatoms. The fourth-order valence-electron chi connectivity index (χ4n) is 4.17. The van der Waals surface area contributed by atoms with E-state index in [1.165, 1.54) is 10.9 Å². The van der Waals surface area contributed by atoms with Crippen molar-refractivity contribution in [1.82, 2.24) is 19.9 Å². The second kappa shape index (κ2) is 10.6. The van der Waals surface area contributed by atoms with Crippen molar-refractivity contribution in [2.24, 2.45) is 5.92 Å². The van der Waals surface area contributed by atoms with Gasteiger partial charge in [-0.25, -0.2) is 4.39 Å². The van der Waals surface area contributed by atoms with Crippen molar-refractivity contribution in [3.8, 4) is 0 Å². The van der Waals surface area contributed by atoms with Crippen LogP contribution in [0.25, 0.3) is 6.08 Å². The quantitative estimate of drug-likeness (QED) is 0.445. The number of carbonyl (C=O) groups is 2. The van der Waals surface area contributed by atoms with E-state index in [2.05, 4.69) is 15.1 Å². The number of esters is 1. The van der Waals surface area contributed by atoms with Crippen LogP contribution >= 0.6 is 12.6 Å². The van der Waals surface area contributed by atoms with Gasteiger partial charge in [-0.1, -0.05) is 18.2 Å². The maximum Gasteiger partial charge on any atom is 0.307 e. The summed E-state index contributed by atoms with van der Waals surface area (Å²) in [5.41, 5.74) is 2.11. The summed E-state index contributed by atoms with van der Waals surface area (Å²) in [6, 6.07) is 5.96. The van der Waals surface area contributed by atoms with Crippen molar-refractivity contribution in [2.45, 2.75) is 50.4 Å². The number of benzene rings is 1. The van der Waals surface area contributed by atoms with E-state index >= 15 is 0 Å². The molecule has 2 fully saturated rings. The zero-order valence-electron chi connectivity index (χ0n) is 18.7. The van der Waals surface area contributed by atoms with Gasteiger partial charge >= 0.3 is 5.97 Å². The molecule has 1 aliphatic carbocycles. The van der Waals surface area contributed by atoms with E-state index in [0.717, 1.165) is 24.8 Å². The fourth-order valence-corrected chi connectivity index (χ4v) is 4.44. The Morgan fingerprint density at radius 2 is 2.09 bits per heavy atom. The minimum Gasteiger partial charge on any atom is -0.466 e. The van der Waals surface area contributed by atoms with Crippen molar-refractivity contribution >= 4 is 30.5 Å². The predicted molar refractivity (Wildman–Crippen MR) is 125 cm³/mol. The number of carbonyl (C=O) groups excluding carboxylic acids is 2. The third-order valence-corrected chi connectivity index (χ3v) is 6.62. The van der Waals surface area contributed by atoms with Gasteiger partial charge in [0.1, 0.15) is 11.5 Å². The highest BCUT2D eigenvalue weighted by Crippen LogP contribution is 2.39. The third kappa shape index (κ3) is 5.89. The zero-order valence-corrected chi connectivity index (χ0v) is 19.6. The lowest BCUT2D eigenvalue weighted by Gasteiger charge is -2.37. The molecule has 2 unspecified atom stereocenters. The Labute approximate surface area is 198 Å². The maximum absolute atomic E-state index is 14.7. The minimum absolute atomic E-state index is 0.0169. The van der Waals surface area contributed by atoms with Crippen LogP contribution in [0.1, 0.15) is 49.9 Å². The number of aromatic nitrogens is 3. The number of hydrogen-bond acceptors (Lipinski definition) is 7. The first-order valence-corrected chi connectivity index (χ1v) is 11.9. The first kappa shape index (κ1) is 23.6. The summed E-state index contributed by atoms with van der Waals surface area (Å²) in [4.78, 5) is 28.3. The van der Waals surface area contributed by atoms with Gasteiger partial charge in [-0.05, 0) is 43.9 Å². The first-order valence-electron chi connectivity index (χ1n) is 11.4. The molecule has 0 bridgehead atoms. The highest BCUT2D eigenvalue weighted by atomic mass is 32.1. The number of likely N-dealkylation sites (tertiary alicyclic amines) is 1. The molecule has 7 nitrogen and oxygen atoms in total. The molecular weight excluding hydrogens is 443 g/mol. The third-order valence-electron chi connectivity index (χ3n) is 6.03. The molecule has 0 amide bonds.